The molecule has 0 bridgehead atoms. The van der Waals surface area contributed by atoms with Gasteiger partial charge in [0.2, 0.25) is 0 Å². The summed E-state index contributed by atoms with van der Waals surface area (Å²) in [5.41, 5.74) is 0.252. The summed E-state index contributed by atoms with van der Waals surface area (Å²) in [6, 6.07) is -0.586. The predicted molar refractivity (Wildman–Crippen MR) is 34.2 cm³/mol. The van der Waals surface area contributed by atoms with E-state index in [-0.39, 0.29) is 11.5 Å². The fourth-order valence-corrected chi connectivity index (χ4v) is 0.458. The van der Waals surface area contributed by atoms with Gasteiger partial charge in [0.1, 0.15) is 5.70 Å². The first-order chi connectivity index (χ1) is 4.74. The number of nitrogens with two attached hydrogens (primary N) is 1. The molecule has 0 saturated heterocycles. The quantitative estimate of drug-likeness (QED) is 0.363. The number of nitrogens with one attached hydrogen (secondary N) is 1. The molecule has 0 aliphatic carbocycles. The Bertz CT molecular complexity index is 240. The molecular weight excluding hydrogens is 134 g/mol. The van der Waals surface area contributed by atoms with Crippen molar-refractivity contribution in [1.29, 1.82) is 0 Å². The Morgan fingerprint density at radius 1 is 1.60 bits per heavy atom. The molecule has 10 heavy (non-hydrogen) atoms. The lowest BCUT2D eigenvalue weighted by Crippen LogP contribution is -2.32. The largest absolute Gasteiger partial charge is 0.365 e. The maximum absolute atomic E-state index is 10.4. The highest BCUT2D eigenvalue weighted by Crippen LogP contribution is 2.00. The van der Waals surface area contributed by atoms with Crippen LogP contribution in [0.1, 0.15) is 0 Å². The first-order valence-corrected chi connectivity index (χ1v) is 2.44. The summed E-state index contributed by atoms with van der Waals surface area (Å²) in [5, 5.41) is 12.0. The number of carbonyl (C=O) groups excluding carboxylic acids is 1. The average molecular weight is 139 g/mol. The minimum Gasteiger partial charge on any atom is -0.321 e. The first kappa shape index (κ1) is 6.40. The summed E-state index contributed by atoms with van der Waals surface area (Å²) in [4.78, 5) is 10.4. The molecule has 1 aliphatic heterocycles. The van der Waals surface area contributed by atoms with Crippen molar-refractivity contribution in [1.82, 2.24) is 5.32 Å². The first-order valence-electron chi connectivity index (χ1n) is 2.44. The van der Waals surface area contributed by atoms with Crippen LogP contribution in [0.4, 0.5) is 4.79 Å². The molecule has 6 nitrogen and oxygen atoms in total. The number of carbonyl (C=O) groups is 1. The van der Waals surface area contributed by atoms with Crippen LogP contribution >= 0.6 is 0 Å². The molecule has 0 saturated carbocycles. The second-order valence-corrected chi connectivity index (χ2v) is 1.55. The number of nitrogens with zero attached hydrogens (tertiary/aromatic N) is 3. The van der Waals surface area contributed by atoms with Crippen LogP contribution in [-0.4, -0.2) is 11.9 Å². The lowest BCUT2D eigenvalue weighted by Gasteiger charge is -2.06. The maximum Gasteiger partial charge on any atom is 0.365 e. The lowest BCUT2D eigenvalue weighted by atomic mass is 10.4. The second-order valence-electron chi connectivity index (χ2n) is 1.55. The highest BCUT2D eigenvalue weighted by Gasteiger charge is 2.13. The third kappa shape index (κ3) is 0.993. The summed E-state index contributed by atoms with van der Waals surface area (Å²) in [6.07, 6.45) is 0. The Morgan fingerprint density at radius 3 is 2.80 bits per heavy atom. The number of amidine groups is 1. The Balaban J connectivity index is 2.92. The van der Waals surface area contributed by atoms with Gasteiger partial charge in [0.25, 0.3) is 0 Å². The number of azo groups is 1. The zero-order valence-electron chi connectivity index (χ0n) is 5.03. The Hall–Kier alpha value is -1.72. The lowest BCUT2D eigenvalue weighted by molar-refractivity contribution is 0.251. The molecule has 0 aromatic heterocycles. The van der Waals surface area contributed by atoms with Crippen molar-refractivity contribution in [2.45, 2.75) is 0 Å². The van der Waals surface area contributed by atoms with Crippen molar-refractivity contribution < 1.29 is 4.79 Å². The molecule has 0 aromatic carbocycles. The number of hydrogen-bond donors (Lipinski definition) is 2. The molecule has 52 valence electrons. The van der Waals surface area contributed by atoms with Gasteiger partial charge in [-0.2, -0.15) is 5.10 Å². The fourth-order valence-electron chi connectivity index (χ4n) is 0.458. The van der Waals surface area contributed by atoms with Gasteiger partial charge in [-0.15, -0.1) is 5.11 Å². The molecule has 0 atom stereocenters. The monoisotopic (exact) mass is 139 g/mol. The van der Waals surface area contributed by atoms with E-state index in [1.165, 1.54) is 0 Å². The van der Waals surface area contributed by atoms with Gasteiger partial charge < -0.3 is 5.84 Å². The standard InChI is InChI=1S/C4H5N5O/c1-2-3(7-5)6-4(10)9-8-2/h1,5H2,(H,6,7,10). The summed E-state index contributed by atoms with van der Waals surface area (Å²) in [7, 11) is 0. The zero-order chi connectivity index (χ0) is 7.56. The highest BCUT2D eigenvalue weighted by atomic mass is 16.2. The van der Waals surface area contributed by atoms with E-state index in [1.807, 2.05) is 0 Å². The Labute approximate surface area is 56.5 Å². The average Bonchev–Trinajstić information content (AvgIpc) is 1.94. The van der Waals surface area contributed by atoms with Crippen molar-refractivity contribution in [2.75, 3.05) is 0 Å². The number of hydrogen-bond acceptors (Lipinski definition) is 4. The zero-order valence-corrected chi connectivity index (χ0v) is 5.03. The van der Waals surface area contributed by atoms with Gasteiger partial charge in [-0.1, -0.05) is 11.7 Å². The molecule has 1 heterocycles. The minimum absolute atomic E-state index is 0.153. The van der Waals surface area contributed by atoms with E-state index >= 15 is 0 Å². The van der Waals surface area contributed by atoms with Gasteiger partial charge in [-0.25, -0.2) is 4.79 Å². The normalized spacial score (nSPS) is 21.4. The van der Waals surface area contributed by atoms with E-state index in [0.717, 1.165) is 0 Å². The van der Waals surface area contributed by atoms with Crippen molar-refractivity contribution in [3.05, 3.63) is 12.3 Å². The van der Waals surface area contributed by atoms with E-state index in [0.29, 0.717) is 0 Å². The molecule has 0 spiro atoms. The molecule has 1 aliphatic rings. The molecular formula is C4H5N5O. The number of rotatable bonds is 0. The van der Waals surface area contributed by atoms with Gasteiger partial charge in [-0.3, -0.25) is 5.32 Å². The Kier molecular flexibility index (Phi) is 1.44. The topological polar surface area (TPSA) is 92.2 Å². The summed E-state index contributed by atoms with van der Waals surface area (Å²) >= 11 is 0. The molecule has 3 N–H and O–H groups in total. The van der Waals surface area contributed by atoms with Gasteiger partial charge in [-0.05, 0) is 0 Å². The van der Waals surface area contributed by atoms with E-state index in [9.17, 15) is 4.79 Å². The third-order valence-electron chi connectivity index (χ3n) is 0.889. The van der Waals surface area contributed by atoms with E-state index in [4.69, 9.17) is 5.84 Å². The SMILES string of the molecule is C=C1N=NC(=O)N/C1=N\N. The van der Waals surface area contributed by atoms with E-state index < -0.39 is 6.03 Å². The van der Waals surface area contributed by atoms with Crippen LogP contribution in [-0.2, 0) is 0 Å². The summed E-state index contributed by atoms with van der Waals surface area (Å²) in [6.45, 7) is 3.41. The van der Waals surface area contributed by atoms with Crippen LogP contribution in [0.2, 0.25) is 0 Å². The van der Waals surface area contributed by atoms with E-state index in [2.05, 4.69) is 27.2 Å². The number of hydrazone groups is 1. The van der Waals surface area contributed by atoms with Crippen LogP contribution in [0.5, 0.6) is 0 Å². The second kappa shape index (κ2) is 2.26. The van der Waals surface area contributed by atoms with Crippen LogP contribution in [0.3, 0.4) is 0 Å². The molecule has 0 radical (unpaired) electrons. The smallest absolute Gasteiger partial charge is 0.321 e. The van der Waals surface area contributed by atoms with Gasteiger partial charge in [0.15, 0.2) is 5.84 Å². The molecule has 6 heteroatoms. The predicted octanol–water partition coefficient (Wildman–Crippen LogP) is -0.0523. The molecule has 0 aromatic rings. The van der Waals surface area contributed by atoms with Gasteiger partial charge in [0.05, 0.1) is 0 Å². The van der Waals surface area contributed by atoms with Crippen LogP contribution in [0.25, 0.3) is 0 Å². The van der Waals surface area contributed by atoms with Gasteiger partial charge >= 0.3 is 6.03 Å². The van der Waals surface area contributed by atoms with Crippen molar-refractivity contribution in [3.8, 4) is 0 Å². The van der Waals surface area contributed by atoms with E-state index in [1.54, 1.807) is 0 Å². The maximum atomic E-state index is 10.4. The van der Waals surface area contributed by atoms with Crippen LogP contribution in [0, 0.1) is 0 Å². The molecule has 0 fully saturated rings. The Morgan fingerprint density at radius 2 is 2.30 bits per heavy atom. The van der Waals surface area contributed by atoms with Crippen LogP contribution in [0.15, 0.2) is 27.6 Å². The van der Waals surface area contributed by atoms with Crippen molar-refractivity contribution >= 4 is 11.9 Å². The highest BCUT2D eigenvalue weighted by molar-refractivity contribution is 6.08. The number of amides is 2. The fraction of sp³-hybridized carbons (Fsp3) is 0. The molecule has 1 rings (SSSR count). The number of urea groups is 1. The summed E-state index contributed by atoms with van der Waals surface area (Å²) in [5.74, 6) is 5.02. The van der Waals surface area contributed by atoms with Crippen molar-refractivity contribution in [3.63, 3.8) is 0 Å². The summed E-state index contributed by atoms with van der Waals surface area (Å²) < 4.78 is 0. The minimum atomic E-state index is -0.586. The van der Waals surface area contributed by atoms with Gasteiger partial charge in [0, 0.05) is 0 Å². The van der Waals surface area contributed by atoms with Crippen molar-refractivity contribution in [2.24, 2.45) is 21.2 Å². The molecule has 0 unspecified atom stereocenters. The third-order valence-corrected chi connectivity index (χ3v) is 0.889. The van der Waals surface area contributed by atoms with Crippen LogP contribution < -0.4 is 11.2 Å². The molecule has 2 amide bonds.